The number of nitrogens with zero attached hydrogens (tertiary/aromatic N) is 1. The Kier molecular flexibility index (Phi) is 6.61. The van der Waals surface area contributed by atoms with Crippen molar-refractivity contribution in [3.8, 4) is 0 Å². The van der Waals surface area contributed by atoms with Crippen LogP contribution < -0.4 is 10.9 Å². The molecular formula is C20H18FN3O4S. The van der Waals surface area contributed by atoms with Gasteiger partial charge in [-0.05, 0) is 43.3 Å². The second kappa shape index (κ2) is 9.33. The minimum atomic E-state index is -0.742. The number of thioether (sulfide) groups is 1. The van der Waals surface area contributed by atoms with Crippen LogP contribution in [0.25, 0.3) is 10.9 Å². The van der Waals surface area contributed by atoms with Crippen LogP contribution >= 0.6 is 11.8 Å². The fraction of sp³-hybridized carbons (Fsp3) is 0.200. The number of carbonyl (C=O) groups is 2. The van der Waals surface area contributed by atoms with Crippen molar-refractivity contribution in [2.24, 2.45) is 0 Å². The summed E-state index contributed by atoms with van der Waals surface area (Å²) in [6.07, 6.45) is -0.742. The monoisotopic (exact) mass is 415 g/mol. The number of anilines is 1. The molecule has 0 aliphatic carbocycles. The standard InChI is InChI=1S/C20H18FN3O4S/c1-12(19-23-16-5-3-2-4-15(16)20(27)24-19)28-18(26)11-29-10-17(25)22-14-8-6-13(21)7-9-14/h2-9,12H,10-11H2,1H3,(H,22,25)(H,23,24,27)/t12-/m1/s1. The minimum Gasteiger partial charge on any atom is -0.454 e. The second-order valence-electron chi connectivity index (χ2n) is 6.15. The lowest BCUT2D eigenvalue weighted by Gasteiger charge is -2.13. The van der Waals surface area contributed by atoms with Crippen molar-refractivity contribution in [3.05, 3.63) is 70.5 Å². The van der Waals surface area contributed by atoms with E-state index in [2.05, 4.69) is 15.3 Å². The molecule has 1 atom stereocenters. The summed E-state index contributed by atoms with van der Waals surface area (Å²) in [7, 11) is 0. The highest BCUT2D eigenvalue weighted by atomic mass is 32.2. The average Bonchev–Trinajstić information content (AvgIpc) is 2.69. The molecule has 2 N–H and O–H groups in total. The molecule has 0 bridgehead atoms. The molecule has 0 aliphatic rings. The van der Waals surface area contributed by atoms with Crippen LogP contribution in [0.15, 0.2) is 53.3 Å². The lowest BCUT2D eigenvalue weighted by atomic mass is 10.2. The van der Waals surface area contributed by atoms with Crippen molar-refractivity contribution >= 4 is 40.2 Å². The predicted molar refractivity (Wildman–Crippen MR) is 109 cm³/mol. The van der Waals surface area contributed by atoms with Gasteiger partial charge in [-0.3, -0.25) is 14.4 Å². The van der Waals surface area contributed by atoms with Crippen LogP contribution in [-0.4, -0.2) is 33.4 Å². The zero-order chi connectivity index (χ0) is 20.8. The number of esters is 1. The van der Waals surface area contributed by atoms with Gasteiger partial charge in [0.15, 0.2) is 11.9 Å². The van der Waals surface area contributed by atoms with E-state index in [1.807, 2.05) is 0 Å². The van der Waals surface area contributed by atoms with Crippen molar-refractivity contribution in [3.63, 3.8) is 0 Å². The first-order chi connectivity index (χ1) is 13.9. The SMILES string of the molecule is C[C@@H](OC(=O)CSCC(=O)Nc1ccc(F)cc1)c1nc2ccccc2c(=O)[nH]1. The largest absolute Gasteiger partial charge is 0.454 e. The number of H-pyrrole nitrogens is 1. The third kappa shape index (κ3) is 5.64. The van der Waals surface area contributed by atoms with Crippen molar-refractivity contribution in [2.45, 2.75) is 13.0 Å². The Morgan fingerprint density at radius 2 is 1.90 bits per heavy atom. The van der Waals surface area contributed by atoms with E-state index in [4.69, 9.17) is 4.74 Å². The normalized spacial score (nSPS) is 11.8. The van der Waals surface area contributed by atoms with Gasteiger partial charge in [0.1, 0.15) is 5.82 Å². The highest BCUT2D eigenvalue weighted by Crippen LogP contribution is 2.16. The molecule has 29 heavy (non-hydrogen) atoms. The first-order valence-corrected chi connectivity index (χ1v) is 9.89. The third-order valence-electron chi connectivity index (χ3n) is 3.91. The molecule has 0 unspecified atom stereocenters. The third-order valence-corrected chi connectivity index (χ3v) is 4.81. The average molecular weight is 415 g/mol. The van der Waals surface area contributed by atoms with E-state index in [9.17, 15) is 18.8 Å². The lowest BCUT2D eigenvalue weighted by molar-refractivity contribution is -0.145. The highest BCUT2D eigenvalue weighted by molar-refractivity contribution is 8.00. The topological polar surface area (TPSA) is 101 Å². The molecule has 2 aromatic carbocycles. The molecule has 0 radical (unpaired) electrons. The van der Waals surface area contributed by atoms with Gasteiger partial charge in [-0.2, -0.15) is 0 Å². The zero-order valence-electron chi connectivity index (χ0n) is 15.5. The summed E-state index contributed by atoms with van der Waals surface area (Å²) in [6.45, 7) is 1.61. The number of aromatic nitrogens is 2. The predicted octanol–water partition coefficient (Wildman–Crippen LogP) is 3.04. The minimum absolute atomic E-state index is 0.0336. The Morgan fingerprint density at radius 1 is 1.17 bits per heavy atom. The smallest absolute Gasteiger partial charge is 0.316 e. The Bertz CT molecular complexity index is 1090. The van der Waals surface area contributed by atoms with Gasteiger partial charge in [-0.1, -0.05) is 12.1 Å². The number of amides is 1. The van der Waals surface area contributed by atoms with Crippen molar-refractivity contribution in [1.29, 1.82) is 0 Å². The van der Waals surface area contributed by atoms with E-state index in [0.717, 1.165) is 11.8 Å². The molecule has 0 aliphatic heterocycles. The van der Waals surface area contributed by atoms with Gasteiger partial charge in [0.2, 0.25) is 5.91 Å². The number of carbonyl (C=O) groups excluding carboxylic acids is 2. The van der Waals surface area contributed by atoms with Crippen LogP contribution in [0.3, 0.4) is 0 Å². The number of hydrogen-bond donors (Lipinski definition) is 2. The van der Waals surface area contributed by atoms with E-state index in [1.54, 1.807) is 31.2 Å². The van der Waals surface area contributed by atoms with Gasteiger partial charge in [-0.15, -0.1) is 11.8 Å². The number of rotatable bonds is 7. The molecule has 3 aromatic rings. The van der Waals surface area contributed by atoms with Crippen molar-refractivity contribution < 1.29 is 18.7 Å². The van der Waals surface area contributed by atoms with Crippen LogP contribution in [0.1, 0.15) is 18.9 Å². The molecule has 0 fully saturated rings. The number of hydrogen-bond acceptors (Lipinski definition) is 6. The molecule has 3 rings (SSSR count). The molecule has 9 heteroatoms. The molecule has 1 amide bonds. The van der Waals surface area contributed by atoms with Crippen LogP contribution in [0.4, 0.5) is 10.1 Å². The quantitative estimate of drug-likeness (QED) is 0.575. The fourth-order valence-corrected chi connectivity index (χ4v) is 3.14. The number of nitrogens with one attached hydrogen (secondary N) is 2. The van der Waals surface area contributed by atoms with E-state index in [-0.39, 0.29) is 28.8 Å². The summed E-state index contributed by atoms with van der Waals surface area (Å²) in [4.78, 5) is 42.9. The van der Waals surface area contributed by atoms with E-state index in [0.29, 0.717) is 16.6 Å². The van der Waals surface area contributed by atoms with Crippen LogP contribution in [0.2, 0.25) is 0 Å². The van der Waals surface area contributed by atoms with Crippen molar-refractivity contribution in [1.82, 2.24) is 9.97 Å². The van der Waals surface area contributed by atoms with E-state index in [1.165, 1.54) is 24.3 Å². The number of fused-ring (bicyclic) bond motifs is 1. The number of para-hydroxylation sites is 1. The van der Waals surface area contributed by atoms with Gasteiger partial charge in [-0.25, -0.2) is 9.37 Å². The molecule has 7 nitrogen and oxygen atoms in total. The summed E-state index contributed by atoms with van der Waals surface area (Å²) < 4.78 is 18.1. The van der Waals surface area contributed by atoms with Gasteiger partial charge in [0.05, 0.1) is 22.4 Å². The summed E-state index contributed by atoms with van der Waals surface area (Å²) in [6, 6.07) is 12.3. The summed E-state index contributed by atoms with van der Waals surface area (Å²) >= 11 is 1.08. The summed E-state index contributed by atoms with van der Waals surface area (Å²) in [5, 5.41) is 3.06. The zero-order valence-corrected chi connectivity index (χ0v) is 16.3. The lowest BCUT2D eigenvalue weighted by Crippen LogP contribution is -2.19. The second-order valence-corrected chi connectivity index (χ2v) is 7.13. The van der Waals surface area contributed by atoms with Gasteiger partial charge >= 0.3 is 5.97 Å². The van der Waals surface area contributed by atoms with E-state index >= 15 is 0 Å². The van der Waals surface area contributed by atoms with Gasteiger partial charge in [0.25, 0.3) is 5.56 Å². The molecule has 1 aromatic heterocycles. The molecule has 0 saturated heterocycles. The molecule has 150 valence electrons. The Balaban J connectivity index is 1.48. The van der Waals surface area contributed by atoms with Gasteiger partial charge in [0, 0.05) is 5.69 Å². The maximum atomic E-state index is 12.8. The number of ether oxygens (including phenoxy) is 1. The Hall–Kier alpha value is -3.20. The molecular weight excluding hydrogens is 397 g/mol. The maximum absolute atomic E-state index is 12.8. The first kappa shape index (κ1) is 20.5. The molecule has 0 saturated carbocycles. The maximum Gasteiger partial charge on any atom is 0.316 e. The Morgan fingerprint density at radius 3 is 2.66 bits per heavy atom. The van der Waals surface area contributed by atoms with Crippen molar-refractivity contribution in [2.75, 3.05) is 16.8 Å². The summed E-state index contributed by atoms with van der Waals surface area (Å²) in [5.74, 6) is -1.00. The number of benzene rings is 2. The fourth-order valence-electron chi connectivity index (χ4n) is 2.54. The summed E-state index contributed by atoms with van der Waals surface area (Å²) in [5.41, 5.74) is 0.681. The van der Waals surface area contributed by atoms with Crippen LogP contribution in [0.5, 0.6) is 0 Å². The Labute approximate surface area is 169 Å². The highest BCUT2D eigenvalue weighted by Gasteiger charge is 2.16. The number of aromatic amines is 1. The van der Waals surface area contributed by atoms with E-state index < -0.39 is 17.9 Å². The first-order valence-electron chi connectivity index (χ1n) is 8.74. The van der Waals surface area contributed by atoms with Crippen LogP contribution in [0, 0.1) is 5.82 Å². The molecule has 0 spiro atoms. The number of halogens is 1. The van der Waals surface area contributed by atoms with Gasteiger partial charge < -0.3 is 15.0 Å². The molecule has 1 heterocycles. The van der Waals surface area contributed by atoms with Crippen LogP contribution in [-0.2, 0) is 14.3 Å².